The summed E-state index contributed by atoms with van der Waals surface area (Å²) in [4.78, 5) is 24.6. The fourth-order valence-corrected chi connectivity index (χ4v) is 7.26. The van der Waals surface area contributed by atoms with E-state index in [1.54, 1.807) is 0 Å². The first-order valence-corrected chi connectivity index (χ1v) is 17.0. The molecule has 0 aliphatic carbocycles. The Bertz CT molecular complexity index is 2750. The van der Waals surface area contributed by atoms with Crippen LogP contribution in [0.25, 0.3) is 67.5 Å². The topological polar surface area (TPSA) is 96.1 Å². The molecule has 3 aromatic heterocycles. The number of aromatic nitrogens is 5. The summed E-state index contributed by atoms with van der Waals surface area (Å²) in [5.74, 6) is 4.85. The minimum absolute atomic E-state index is 0.0830. The Labute approximate surface area is 297 Å². The Kier molecular flexibility index (Phi) is 6.18. The third kappa shape index (κ3) is 4.53. The van der Waals surface area contributed by atoms with Crippen molar-refractivity contribution >= 4 is 45.0 Å². The predicted molar refractivity (Wildman–Crippen MR) is 202 cm³/mol. The van der Waals surface area contributed by atoms with Crippen LogP contribution in [0.2, 0.25) is 0 Å². The molecule has 11 rings (SSSR count). The number of para-hydroxylation sites is 2. The van der Waals surface area contributed by atoms with Gasteiger partial charge in [0.2, 0.25) is 11.8 Å². The number of hydrogen-bond donors (Lipinski definition) is 0. The van der Waals surface area contributed by atoms with Crippen LogP contribution in [0.5, 0.6) is 23.3 Å². The summed E-state index contributed by atoms with van der Waals surface area (Å²) in [5.41, 5.74) is 7.92. The van der Waals surface area contributed by atoms with E-state index in [1.807, 2.05) is 121 Å². The number of ether oxygens (including phenoxy) is 2. The summed E-state index contributed by atoms with van der Waals surface area (Å²) in [6.07, 6.45) is 0. The zero-order chi connectivity index (χ0) is 34.2. The van der Waals surface area contributed by atoms with Crippen molar-refractivity contribution in [2.24, 2.45) is 0 Å². The van der Waals surface area contributed by atoms with Gasteiger partial charge in [-0.05, 0) is 53.4 Å². The molecule has 0 fully saturated rings. The van der Waals surface area contributed by atoms with Crippen LogP contribution < -0.4 is 25.9 Å². The first-order chi connectivity index (χ1) is 25.7. The molecule has 0 spiro atoms. The number of hydrogen-bond acceptors (Lipinski definition) is 8. The monoisotopic (exact) mass is 669 g/mol. The van der Waals surface area contributed by atoms with Crippen LogP contribution in [0.15, 0.2) is 150 Å². The molecule has 0 saturated carbocycles. The normalized spacial score (nSPS) is 12.5. The van der Waals surface area contributed by atoms with Crippen molar-refractivity contribution in [1.29, 1.82) is 0 Å². The molecule has 2 aliphatic rings. The molecule has 0 radical (unpaired) electrons. The van der Waals surface area contributed by atoms with E-state index < -0.39 is 0 Å². The zero-order valence-electron chi connectivity index (χ0n) is 27.4. The highest BCUT2D eigenvalue weighted by atomic mass is 16.5. The van der Waals surface area contributed by atoms with Crippen molar-refractivity contribution in [2.45, 2.75) is 0 Å². The lowest BCUT2D eigenvalue weighted by atomic mass is 9.35. The van der Waals surface area contributed by atoms with E-state index in [0.29, 0.717) is 35.1 Å². The second kappa shape index (κ2) is 11.2. The fraction of sp³-hybridized carbons (Fsp3) is 0. The van der Waals surface area contributed by atoms with E-state index in [4.69, 9.17) is 38.8 Å². The molecule has 242 valence electrons. The minimum atomic E-state index is -0.0830. The van der Waals surface area contributed by atoms with Gasteiger partial charge in [-0.2, -0.15) is 9.97 Å². The highest BCUT2D eigenvalue weighted by molar-refractivity contribution is 6.98. The summed E-state index contributed by atoms with van der Waals surface area (Å²) >= 11 is 0. The van der Waals surface area contributed by atoms with Crippen LogP contribution in [-0.2, 0) is 0 Å². The molecular weight excluding hydrogens is 645 g/mol. The van der Waals surface area contributed by atoms with E-state index in [2.05, 4.69) is 24.3 Å². The van der Waals surface area contributed by atoms with Crippen molar-refractivity contribution in [3.63, 3.8) is 0 Å². The van der Waals surface area contributed by atoms with Crippen molar-refractivity contribution in [3.05, 3.63) is 146 Å². The molecule has 9 heteroatoms. The van der Waals surface area contributed by atoms with Gasteiger partial charge in [-0.25, -0.2) is 15.0 Å². The van der Waals surface area contributed by atoms with Crippen LogP contribution in [0.1, 0.15) is 0 Å². The Morgan fingerprint density at radius 1 is 0.385 bits per heavy atom. The molecule has 2 aliphatic heterocycles. The summed E-state index contributed by atoms with van der Waals surface area (Å²) < 4.78 is 19.2. The van der Waals surface area contributed by atoms with Crippen molar-refractivity contribution in [3.8, 4) is 68.8 Å². The molecule has 0 amide bonds. The molecule has 6 aromatic carbocycles. The van der Waals surface area contributed by atoms with Gasteiger partial charge in [0.25, 0.3) is 6.71 Å². The third-order valence-electron chi connectivity index (χ3n) is 9.72. The SMILES string of the molecule is c1ccc(-c2nc(-c3ccccc3)nc(-c3ccc4c(c3)oc3ccc(-c5nc6c7c(n5)Oc5ccccc5B7c5ccccc5O6)cc34)n2)cc1. The smallest absolute Gasteiger partial charge is 0.265 e. The molecule has 9 aromatic rings. The van der Waals surface area contributed by atoms with Gasteiger partial charge in [0.15, 0.2) is 23.3 Å². The molecule has 5 heterocycles. The maximum Gasteiger partial charge on any atom is 0.265 e. The van der Waals surface area contributed by atoms with Crippen molar-refractivity contribution < 1.29 is 13.9 Å². The minimum Gasteiger partial charge on any atom is -0.456 e. The van der Waals surface area contributed by atoms with Gasteiger partial charge in [0, 0.05) is 33.0 Å². The average molecular weight is 670 g/mol. The first kappa shape index (κ1) is 28.7. The maximum absolute atomic E-state index is 6.41. The van der Waals surface area contributed by atoms with Gasteiger partial charge in [-0.15, -0.1) is 0 Å². The van der Waals surface area contributed by atoms with Crippen molar-refractivity contribution in [2.75, 3.05) is 0 Å². The summed E-state index contributed by atoms with van der Waals surface area (Å²) in [6.45, 7) is -0.0830. The van der Waals surface area contributed by atoms with Crippen LogP contribution in [0.4, 0.5) is 0 Å². The largest absolute Gasteiger partial charge is 0.456 e. The number of furan rings is 1. The molecule has 8 nitrogen and oxygen atoms in total. The Morgan fingerprint density at radius 2 is 0.885 bits per heavy atom. The molecule has 52 heavy (non-hydrogen) atoms. The van der Waals surface area contributed by atoms with Crippen LogP contribution in [0.3, 0.4) is 0 Å². The van der Waals surface area contributed by atoms with E-state index in [-0.39, 0.29) is 6.71 Å². The van der Waals surface area contributed by atoms with E-state index in [9.17, 15) is 0 Å². The maximum atomic E-state index is 6.41. The zero-order valence-corrected chi connectivity index (χ0v) is 27.4. The van der Waals surface area contributed by atoms with Crippen LogP contribution >= 0.6 is 0 Å². The van der Waals surface area contributed by atoms with E-state index >= 15 is 0 Å². The molecule has 0 atom stereocenters. The Hall–Kier alpha value is -7.13. The highest BCUT2D eigenvalue weighted by Gasteiger charge is 2.42. The standard InChI is InChI=1S/C43H24BN5O3/c1-3-11-25(12-4-1)38-45-39(26-13-5-2-6-14-26)47-40(46-38)28-19-21-29-30-23-27(20-22-33(30)50-36(29)24-28)41-48-42-37-43(49-41)52-35-18-10-8-16-32(35)44(37)31-15-7-9-17-34(31)51-42/h1-24H. The van der Waals surface area contributed by atoms with E-state index in [1.165, 1.54) is 0 Å². The highest BCUT2D eigenvalue weighted by Crippen LogP contribution is 2.37. The lowest BCUT2D eigenvalue weighted by Gasteiger charge is -2.31. The van der Waals surface area contributed by atoms with Gasteiger partial charge in [0.05, 0.1) is 5.46 Å². The van der Waals surface area contributed by atoms with E-state index in [0.717, 1.165) is 72.1 Å². The fourth-order valence-electron chi connectivity index (χ4n) is 7.26. The van der Waals surface area contributed by atoms with Crippen LogP contribution in [-0.4, -0.2) is 31.6 Å². The number of nitrogens with zero attached hydrogens (tertiary/aromatic N) is 5. The second-order valence-corrected chi connectivity index (χ2v) is 12.8. The second-order valence-electron chi connectivity index (χ2n) is 12.8. The number of rotatable bonds is 4. The van der Waals surface area contributed by atoms with Gasteiger partial charge >= 0.3 is 0 Å². The predicted octanol–water partition coefficient (Wildman–Crippen LogP) is 7.96. The Balaban J connectivity index is 1.01. The quantitative estimate of drug-likeness (QED) is 0.174. The van der Waals surface area contributed by atoms with Gasteiger partial charge in [-0.1, -0.05) is 103 Å². The molecule has 0 bridgehead atoms. The van der Waals surface area contributed by atoms with Gasteiger partial charge in [0.1, 0.15) is 22.7 Å². The van der Waals surface area contributed by atoms with Gasteiger partial charge < -0.3 is 13.9 Å². The molecule has 0 saturated heterocycles. The first-order valence-electron chi connectivity index (χ1n) is 17.0. The van der Waals surface area contributed by atoms with Gasteiger partial charge in [-0.3, -0.25) is 0 Å². The summed E-state index contributed by atoms with van der Waals surface area (Å²) in [6, 6.07) is 48.1. The summed E-state index contributed by atoms with van der Waals surface area (Å²) in [5, 5.41) is 1.89. The average Bonchev–Trinajstić information content (AvgIpc) is 3.58. The Morgan fingerprint density at radius 3 is 1.50 bits per heavy atom. The lowest BCUT2D eigenvalue weighted by Crippen LogP contribution is -2.57. The molecular formula is C43H24BN5O3. The number of benzene rings is 6. The molecule has 0 N–H and O–H groups in total. The summed E-state index contributed by atoms with van der Waals surface area (Å²) in [7, 11) is 0. The lowest BCUT2D eigenvalue weighted by molar-refractivity contribution is 0.439. The molecule has 0 unspecified atom stereocenters. The van der Waals surface area contributed by atoms with Crippen LogP contribution in [0, 0.1) is 0 Å². The third-order valence-corrected chi connectivity index (χ3v) is 9.72. The number of fused-ring (bicyclic) bond motifs is 7. The van der Waals surface area contributed by atoms with Crippen molar-refractivity contribution in [1.82, 2.24) is 24.9 Å².